The number of hydrogen-bond acceptors (Lipinski definition) is 5. The van der Waals surface area contributed by atoms with Crippen LogP contribution in [0.5, 0.6) is 0 Å². The first-order chi connectivity index (χ1) is 15.3. The monoisotopic (exact) mass is 435 g/mol. The number of non-ortho nitro benzene ring substituents is 1. The highest BCUT2D eigenvalue weighted by atomic mass is 19.2. The van der Waals surface area contributed by atoms with Gasteiger partial charge in [0.05, 0.1) is 16.2 Å². The van der Waals surface area contributed by atoms with Crippen LogP contribution < -0.4 is 10.2 Å². The third kappa shape index (κ3) is 3.60. The smallest absolute Gasteiger partial charge is 0.282 e. The van der Waals surface area contributed by atoms with Crippen LogP contribution in [-0.4, -0.2) is 16.7 Å². The molecule has 3 aromatic carbocycles. The summed E-state index contributed by atoms with van der Waals surface area (Å²) in [5, 5.41) is 13.9. The molecule has 0 radical (unpaired) electrons. The van der Waals surface area contributed by atoms with Crippen LogP contribution in [0.4, 0.5) is 25.8 Å². The number of nitrogens with one attached hydrogen (secondary N) is 1. The number of carbonyl (C=O) groups is 2. The van der Waals surface area contributed by atoms with E-state index in [2.05, 4.69) is 5.32 Å². The quantitative estimate of drug-likeness (QED) is 0.360. The summed E-state index contributed by atoms with van der Waals surface area (Å²) in [5.41, 5.74) is 1.18. The molecule has 0 aromatic heterocycles. The van der Waals surface area contributed by atoms with Gasteiger partial charge < -0.3 is 5.32 Å². The summed E-state index contributed by atoms with van der Waals surface area (Å²) in [5.74, 6) is -3.86. The maximum atomic E-state index is 13.8. The Morgan fingerprint density at radius 3 is 2.22 bits per heavy atom. The van der Waals surface area contributed by atoms with E-state index >= 15 is 0 Å². The van der Waals surface area contributed by atoms with E-state index in [1.165, 1.54) is 24.3 Å². The van der Waals surface area contributed by atoms with Gasteiger partial charge in [-0.05, 0) is 48.4 Å². The Kier molecular flexibility index (Phi) is 5.23. The maximum Gasteiger partial charge on any atom is 0.282 e. The fourth-order valence-electron chi connectivity index (χ4n) is 3.37. The Balaban J connectivity index is 1.84. The van der Waals surface area contributed by atoms with E-state index in [1.807, 2.05) is 13.0 Å². The molecule has 1 N–H and O–H groups in total. The lowest BCUT2D eigenvalue weighted by Gasteiger charge is -2.16. The van der Waals surface area contributed by atoms with E-state index in [4.69, 9.17) is 0 Å². The molecule has 32 heavy (non-hydrogen) atoms. The molecule has 0 saturated carbocycles. The summed E-state index contributed by atoms with van der Waals surface area (Å²) < 4.78 is 27.2. The maximum absolute atomic E-state index is 13.8. The molecule has 0 saturated heterocycles. The molecule has 7 nitrogen and oxygen atoms in total. The van der Waals surface area contributed by atoms with Crippen LogP contribution in [0.25, 0.3) is 5.57 Å². The second kappa shape index (κ2) is 8.03. The standard InChI is InChI=1S/C23H15F2N3O4/c1-13-4-2-3-5-19(13)26-21-20(14-6-8-15(9-7-14)28(31)32)22(29)27(23(21)30)16-10-11-17(24)18(25)12-16/h2-12,26H,1H3. The highest BCUT2D eigenvalue weighted by Gasteiger charge is 2.40. The molecule has 2 amide bonds. The number of imide groups is 1. The summed E-state index contributed by atoms with van der Waals surface area (Å²) in [4.78, 5) is 37.6. The lowest BCUT2D eigenvalue weighted by atomic mass is 10.0. The topological polar surface area (TPSA) is 92.6 Å². The molecular formula is C23H15F2N3O4. The molecule has 160 valence electrons. The van der Waals surface area contributed by atoms with Crippen LogP contribution in [0.1, 0.15) is 11.1 Å². The number of aryl methyl sites for hydroxylation is 1. The van der Waals surface area contributed by atoms with Crippen LogP contribution in [-0.2, 0) is 9.59 Å². The minimum atomic E-state index is -1.21. The van der Waals surface area contributed by atoms with Crippen molar-refractivity contribution < 1.29 is 23.3 Å². The number of nitrogens with zero attached hydrogens (tertiary/aromatic N) is 2. The van der Waals surface area contributed by atoms with Gasteiger partial charge in [-0.3, -0.25) is 19.7 Å². The molecule has 0 spiro atoms. The van der Waals surface area contributed by atoms with Crippen molar-refractivity contribution in [3.63, 3.8) is 0 Å². The Morgan fingerprint density at radius 1 is 0.906 bits per heavy atom. The minimum absolute atomic E-state index is 0.0436. The number of para-hydroxylation sites is 1. The van der Waals surface area contributed by atoms with E-state index in [0.29, 0.717) is 5.69 Å². The van der Waals surface area contributed by atoms with E-state index < -0.39 is 28.4 Å². The number of carbonyl (C=O) groups excluding carboxylic acids is 2. The van der Waals surface area contributed by atoms with Crippen molar-refractivity contribution in [1.82, 2.24) is 0 Å². The van der Waals surface area contributed by atoms with Crippen LogP contribution in [0, 0.1) is 28.7 Å². The van der Waals surface area contributed by atoms with Gasteiger partial charge in [-0.2, -0.15) is 0 Å². The first kappa shape index (κ1) is 20.9. The normalized spacial score (nSPS) is 13.7. The van der Waals surface area contributed by atoms with Crippen LogP contribution >= 0.6 is 0 Å². The molecule has 3 aromatic rings. The Hall–Kier alpha value is -4.40. The fourth-order valence-corrected chi connectivity index (χ4v) is 3.37. The van der Waals surface area contributed by atoms with Gasteiger partial charge in [0, 0.05) is 23.9 Å². The number of rotatable bonds is 5. The second-order valence-corrected chi connectivity index (χ2v) is 7.04. The zero-order valence-electron chi connectivity index (χ0n) is 16.6. The molecule has 4 rings (SSSR count). The lowest BCUT2D eigenvalue weighted by molar-refractivity contribution is -0.384. The van der Waals surface area contributed by atoms with Gasteiger partial charge in [0.1, 0.15) is 5.70 Å². The minimum Gasteiger partial charge on any atom is -0.350 e. The van der Waals surface area contributed by atoms with Gasteiger partial charge in [0.15, 0.2) is 11.6 Å². The van der Waals surface area contributed by atoms with Crippen LogP contribution in [0.15, 0.2) is 72.4 Å². The summed E-state index contributed by atoms with van der Waals surface area (Å²) >= 11 is 0. The Labute approximate surface area is 180 Å². The van der Waals surface area contributed by atoms with Crippen LogP contribution in [0.2, 0.25) is 0 Å². The summed E-state index contributed by atoms with van der Waals surface area (Å²) in [6.07, 6.45) is 0. The van der Waals surface area contributed by atoms with Crippen molar-refractivity contribution in [3.8, 4) is 0 Å². The fraction of sp³-hybridized carbons (Fsp3) is 0.0435. The first-order valence-corrected chi connectivity index (χ1v) is 9.43. The zero-order valence-corrected chi connectivity index (χ0v) is 16.6. The molecule has 1 heterocycles. The number of anilines is 2. The van der Waals surface area contributed by atoms with Gasteiger partial charge in [-0.15, -0.1) is 0 Å². The molecule has 1 aliphatic rings. The number of nitro groups is 1. The third-order valence-corrected chi connectivity index (χ3v) is 5.02. The number of nitro benzene ring substituents is 1. The Bertz CT molecular complexity index is 1300. The third-order valence-electron chi connectivity index (χ3n) is 5.02. The van der Waals surface area contributed by atoms with E-state index in [1.54, 1.807) is 18.2 Å². The predicted molar refractivity (Wildman–Crippen MR) is 114 cm³/mol. The highest BCUT2D eigenvalue weighted by Crippen LogP contribution is 2.35. The predicted octanol–water partition coefficient (Wildman–Crippen LogP) is 4.58. The first-order valence-electron chi connectivity index (χ1n) is 9.43. The molecule has 0 unspecified atom stereocenters. The number of amides is 2. The van der Waals surface area contributed by atoms with E-state index in [-0.39, 0.29) is 28.2 Å². The zero-order chi connectivity index (χ0) is 23.0. The Morgan fingerprint density at radius 2 is 1.59 bits per heavy atom. The average Bonchev–Trinajstić information content (AvgIpc) is 3.01. The summed E-state index contributed by atoms with van der Waals surface area (Å²) in [7, 11) is 0. The number of hydrogen-bond donors (Lipinski definition) is 1. The number of halogens is 2. The van der Waals surface area contributed by atoms with Crippen molar-refractivity contribution in [2.75, 3.05) is 10.2 Å². The molecule has 1 aliphatic heterocycles. The molecule has 0 fully saturated rings. The highest BCUT2D eigenvalue weighted by molar-refractivity contribution is 6.46. The van der Waals surface area contributed by atoms with Gasteiger partial charge in [-0.25, -0.2) is 13.7 Å². The lowest BCUT2D eigenvalue weighted by Crippen LogP contribution is -2.32. The van der Waals surface area contributed by atoms with Gasteiger partial charge in [0.25, 0.3) is 17.5 Å². The molecule has 0 bridgehead atoms. The second-order valence-electron chi connectivity index (χ2n) is 7.04. The molecule has 0 atom stereocenters. The van der Waals surface area contributed by atoms with Crippen molar-refractivity contribution in [2.24, 2.45) is 0 Å². The van der Waals surface area contributed by atoms with Gasteiger partial charge >= 0.3 is 0 Å². The average molecular weight is 435 g/mol. The summed E-state index contributed by atoms with van der Waals surface area (Å²) in [6, 6.07) is 14.9. The molecule has 9 heteroatoms. The summed E-state index contributed by atoms with van der Waals surface area (Å²) in [6.45, 7) is 1.81. The van der Waals surface area contributed by atoms with E-state index in [9.17, 15) is 28.5 Å². The number of benzene rings is 3. The van der Waals surface area contributed by atoms with Crippen molar-refractivity contribution in [3.05, 3.63) is 105 Å². The van der Waals surface area contributed by atoms with Gasteiger partial charge in [0.2, 0.25) is 0 Å². The SMILES string of the molecule is Cc1ccccc1NC1=C(c2ccc([N+](=O)[O-])cc2)C(=O)N(c2ccc(F)c(F)c2)C1=O. The van der Waals surface area contributed by atoms with Crippen molar-refractivity contribution in [1.29, 1.82) is 0 Å². The largest absolute Gasteiger partial charge is 0.350 e. The molecular weight excluding hydrogens is 420 g/mol. The van der Waals surface area contributed by atoms with E-state index in [0.717, 1.165) is 28.7 Å². The van der Waals surface area contributed by atoms with Crippen molar-refractivity contribution >= 4 is 34.4 Å². The molecule has 0 aliphatic carbocycles. The van der Waals surface area contributed by atoms with Crippen LogP contribution in [0.3, 0.4) is 0 Å². The van der Waals surface area contributed by atoms with Gasteiger partial charge in [-0.1, -0.05) is 18.2 Å². The van der Waals surface area contributed by atoms with Crippen molar-refractivity contribution in [2.45, 2.75) is 6.92 Å².